The van der Waals surface area contributed by atoms with Crippen molar-refractivity contribution in [1.82, 2.24) is 35.0 Å². The van der Waals surface area contributed by atoms with Gasteiger partial charge in [0.25, 0.3) is 11.8 Å². The van der Waals surface area contributed by atoms with Crippen LogP contribution in [0.25, 0.3) is 21.7 Å². The smallest absolute Gasteiger partial charge is 0.259 e. The topological polar surface area (TPSA) is 182 Å². The number of hydrogen-bond donors (Lipinski definition) is 3. The number of allylic oxidation sites excluding steroid dienone is 1. The van der Waals surface area contributed by atoms with Crippen molar-refractivity contribution in [2.75, 3.05) is 6.54 Å². The van der Waals surface area contributed by atoms with E-state index >= 15 is 0 Å². The fourth-order valence-electron chi connectivity index (χ4n) is 7.80. The van der Waals surface area contributed by atoms with Gasteiger partial charge in [0.15, 0.2) is 0 Å². The summed E-state index contributed by atoms with van der Waals surface area (Å²) in [6, 6.07) is 5.72. The molecule has 0 unspecified atom stereocenters. The van der Waals surface area contributed by atoms with E-state index in [0.717, 1.165) is 12.8 Å². The minimum absolute atomic E-state index is 0.0358. The molecule has 2 aromatic heterocycles. The normalized spacial score (nSPS) is 26.4. The SMILES string of the molecule is Cn1cc(C(=O)N[C@H]2CCCCC/C=C\[C@@H]3C[C@@]3(C(=O)NS(=O)(=O)C3CC3)NC(=O)[C@@H]3C[C@@H](Oc4nc5cc(F)ccc5c5cc(F)ccc45)CN3C2=O)cn1. The molecule has 1 saturated heterocycles. The predicted molar refractivity (Wildman–Crippen MR) is 199 cm³/mol. The van der Waals surface area contributed by atoms with E-state index in [1.165, 1.54) is 58.4 Å². The van der Waals surface area contributed by atoms with Gasteiger partial charge in [0, 0.05) is 42.4 Å². The molecule has 0 bridgehead atoms. The largest absolute Gasteiger partial charge is 0.472 e. The fraction of sp³-hybridized carbons (Fsp3) is 0.436. The highest BCUT2D eigenvalue weighted by Gasteiger charge is 2.62. The van der Waals surface area contributed by atoms with E-state index in [1.54, 1.807) is 7.05 Å². The van der Waals surface area contributed by atoms with Crippen molar-refractivity contribution >= 4 is 55.3 Å². The van der Waals surface area contributed by atoms with Crippen LogP contribution in [0.4, 0.5) is 8.78 Å². The lowest BCUT2D eigenvalue weighted by Gasteiger charge is -2.29. The van der Waals surface area contributed by atoms with Crippen LogP contribution in [0, 0.1) is 17.6 Å². The summed E-state index contributed by atoms with van der Waals surface area (Å²) >= 11 is 0. The number of hydrogen-bond acceptors (Lipinski definition) is 9. The lowest BCUT2D eigenvalue weighted by atomic mass is 10.0. The van der Waals surface area contributed by atoms with Crippen LogP contribution in [0.1, 0.15) is 68.1 Å². The zero-order valence-electron chi connectivity index (χ0n) is 30.5. The number of amides is 4. The number of nitrogens with one attached hydrogen (secondary N) is 3. The highest BCUT2D eigenvalue weighted by atomic mass is 32.2. The van der Waals surface area contributed by atoms with E-state index in [-0.39, 0.29) is 42.8 Å². The molecule has 8 rings (SSSR count). The zero-order valence-corrected chi connectivity index (χ0v) is 31.4. The van der Waals surface area contributed by atoms with Gasteiger partial charge in [0.1, 0.15) is 35.4 Å². The summed E-state index contributed by atoms with van der Waals surface area (Å²) in [5.74, 6) is -4.15. The minimum atomic E-state index is -3.94. The molecule has 17 heteroatoms. The van der Waals surface area contributed by atoms with Crippen molar-refractivity contribution in [2.24, 2.45) is 13.0 Å². The molecular weight excluding hydrogens is 749 g/mol. The maximum Gasteiger partial charge on any atom is 0.259 e. The Morgan fingerprint density at radius 1 is 1.00 bits per heavy atom. The quantitative estimate of drug-likeness (QED) is 0.186. The van der Waals surface area contributed by atoms with Crippen LogP contribution in [0.5, 0.6) is 5.88 Å². The summed E-state index contributed by atoms with van der Waals surface area (Å²) in [4.78, 5) is 62.0. The van der Waals surface area contributed by atoms with E-state index in [0.29, 0.717) is 41.8 Å². The number of sulfonamides is 1. The molecule has 2 aliphatic carbocycles. The summed E-state index contributed by atoms with van der Waals surface area (Å²) in [7, 11) is -2.28. The maximum absolute atomic E-state index is 14.6. The van der Waals surface area contributed by atoms with Gasteiger partial charge in [-0.15, -0.1) is 0 Å². The molecule has 14 nitrogen and oxygen atoms in total. The number of rotatable bonds is 7. The van der Waals surface area contributed by atoms with E-state index in [1.807, 2.05) is 12.2 Å². The Morgan fingerprint density at radius 3 is 2.52 bits per heavy atom. The second kappa shape index (κ2) is 14.6. The van der Waals surface area contributed by atoms with Gasteiger partial charge in [0.2, 0.25) is 27.7 Å². The van der Waals surface area contributed by atoms with Crippen molar-refractivity contribution in [3.63, 3.8) is 0 Å². The van der Waals surface area contributed by atoms with Gasteiger partial charge >= 0.3 is 0 Å². The fourth-order valence-corrected chi connectivity index (χ4v) is 9.16. The van der Waals surface area contributed by atoms with Crippen LogP contribution in [0.15, 0.2) is 60.9 Å². The van der Waals surface area contributed by atoms with Crippen LogP contribution in [-0.2, 0) is 31.5 Å². The predicted octanol–water partition coefficient (Wildman–Crippen LogP) is 3.55. The summed E-state index contributed by atoms with van der Waals surface area (Å²) in [5, 5.41) is 10.4. The number of fused-ring (bicyclic) bond motifs is 5. The Balaban J connectivity index is 1.14. The molecule has 4 heterocycles. The molecule has 2 aliphatic heterocycles. The monoisotopic (exact) mass is 789 g/mol. The standard InChI is InChI=1S/C39H41F2N7O7S/c1-47-20-22(19-42-47)34(49)43-31-8-6-4-2-3-5-7-23-18-39(23,38(52)46-56(53,54)27-11-12-27)45-35(50)33-17-26(21-48(33)37(31)51)55-36-29-14-10-24(40)15-30(29)28-13-9-25(41)16-32(28)44-36/h5,7,9-10,13-16,19-20,23,26-27,31,33H,2-4,6,8,11-12,17-18,21H2,1H3,(H,43,49)(H,45,50)(H,46,52)/b7-5-/t23-,26-,31+,33+,39-/m1/s1. The van der Waals surface area contributed by atoms with E-state index in [9.17, 15) is 36.4 Å². The third kappa shape index (κ3) is 7.43. The van der Waals surface area contributed by atoms with Crippen molar-refractivity contribution in [1.29, 1.82) is 0 Å². The first-order chi connectivity index (χ1) is 26.8. The molecule has 5 atom stereocenters. The molecule has 3 N–H and O–H groups in total. The Hall–Kier alpha value is -5.45. The van der Waals surface area contributed by atoms with Gasteiger partial charge in [0.05, 0.1) is 29.1 Å². The second-order valence-corrected chi connectivity index (χ2v) is 17.2. The maximum atomic E-state index is 14.6. The number of nitrogens with zero attached hydrogens (tertiary/aromatic N) is 4. The van der Waals surface area contributed by atoms with E-state index in [4.69, 9.17) is 4.74 Å². The lowest BCUT2D eigenvalue weighted by Crippen LogP contribution is -2.58. The van der Waals surface area contributed by atoms with Crippen LogP contribution in [0.3, 0.4) is 0 Å². The van der Waals surface area contributed by atoms with E-state index in [2.05, 4.69) is 25.4 Å². The molecule has 56 heavy (non-hydrogen) atoms. The molecule has 4 amide bonds. The Labute approximate surface area is 321 Å². The van der Waals surface area contributed by atoms with Gasteiger partial charge in [-0.2, -0.15) is 5.10 Å². The number of aromatic nitrogens is 3. The number of pyridine rings is 1. The molecule has 0 radical (unpaired) electrons. The Morgan fingerprint density at radius 2 is 1.77 bits per heavy atom. The van der Waals surface area contributed by atoms with Crippen LogP contribution >= 0.6 is 0 Å². The Kier molecular flexibility index (Phi) is 9.75. The lowest BCUT2D eigenvalue weighted by molar-refractivity contribution is -0.141. The first-order valence-corrected chi connectivity index (χ1v) is 20.4. The number of carbonyl (C=O) groups is 4. The van der Waals surface area contributed by atoms with Gasteiger partial charge in [-0.25, -0.2) is 22.2 Å². The number of carbonyl (C=O) groups excluding carboxylic acids is 4. The van der Waals surface area contributed by atoms with Gasteiger partial charge in [-0.05, 0) is 74.2 Å². The highest BCUT2D eigenvalue weighted by Crippen LogP contribution is 2.46. The van der Waals surface area contributed by atoms with Crippen LogP contribution < -0.4 is 20.1 Å². The Bertz CT molecular complexity index is 2400. The van der Waals surface area contributed by atoms with Gasteiger partial charge < -0.3 is 20.3 Å². The second-order valence-electron chi connectivity index (χ2n) is 15.2. The molecule has 4 aliphatic rings. The van der Waals surface area contributed by atoms with Crippen molar-refractivity contribution < 1.29 is 41.1 Å². The number of aryl methyl sites for hydroxylation is 1. The number of halogens is 2. The minimum Gasteiger partial charge on any atom is -0.472 e. The molecule has 294 valence electrons. The summed E-state index contributed by atoms with van der Waals surface area (Å²) in [6.07, 6.45) is 9.72. The molecule has 0 spiro atoms. The summed E-state index contributed by atoms with van der Waals surface area (Å²) in [6.45, 7) is -0.139. The molecular formula is C39H41F2N7O7S. The first-order valence-electron chi connectivity index (χ1n) is 18.8. The third-order valence-corrected chi connectivity index (χ3v) is 12.9. The van der Waals surface area contributed by atoms with Crippen LogP contribution in [-0.4, -0.2) is 87.2 Å². The molecule has 2 aromatic carbocycles. The zero-order chi connectivity index (χ0) is 39.4. The summed E-state index contributed by atoms with van der Waals surface area (Å²) < 4.78 is 64.6. The van der Waals surface area contributed by atoms with Gasteiger partial charge in [-0.3, -0.25) is 28.6 Å². The first kappa shape index (κ1) is 37.5. The van der Waals surface area contributed by atoms with Crippen molar-refractivity contribution in [3.8, 4) is 5.88 Å². The molecule has 4 aromatic rings. The molecule has 2 saturated carbocycles. The average Bonchev–Trinajstić information content (AvgIpc) is 4.04. The van der Waals surface area contributed by atoms with Crippen molar-refractivity contribution in [3.05, 3.63) is 78.1 Å². The number of ether oxygens (including phenoxy) is 1. The van der Waals surface area contributed by atoms with Crippen LogP contribution in [0.2, 0.25) is 0 Å². The molecule has 3 fully saturated rings. The number of benzene rings is 2. The van der Waals surface area contributed by atoms with Gasteiger partial charge in [-0.1, -0.05) is 25.0 Å². The summed E-state index contributed by atoms with van der Waals surface area (Å²) in [5.41, 5.74) is -1.11. The van der Waals surface area contributed by atoms with E-state index < -0.39 is 80.2 Å². The average molecular weight is 790 g/mol. The van der Waals surface area contributed by atoms with Crippen molar-refractivity contribution in [2.45, 2.75) is 86.8 Å². The third-order valence-electron chi connectivity index (χ3n) is 11.1. The highest BCUT2D eigenvalue weighted by molar-refractivity contribution is 7.91.